The van der Waals surface area contributed by atoms with E-state index < -0.39 is 11.8 Å². The number of nitriles is 1. The van der Waals surface area contributed by atoms with Crippen molar-refractivity contribution < 1.29 is 18.7 Å². The number of hydrogen-bond donors (Lipinski definition) is 1. The molecule has 0 unspecified atom stereocenters. The van der Waals surface area contributed by atoms with Crippen molar-refractivity contribution in [2.75, 3.05) is 51.0 Å². The van der Waals surface area contributed by atoms with Crippen molar-refractivity contribution in [2.24, 2.45) is 0 Å². The zero-order chi connectivity index (χ0) is 34.1. The van der Waals surface area contributed by atoms with Crippen molar-refractivity contribution in [2.45, 2.75) is 94.8 Å². The maximum Gasteiger partial charge on any atom is 0.318 e. The Hall–Kier alpha value is -4.28. The Morgan fingerprint density at radius 1 is 1.22 bits per heavy atom. The smallest absolute Gasteiger partial charge is 0.318 e. The van der Waals surface area contributed by atoms with Crippen LogP contribution in [0.15, 0.2) is 18.2 Å². The van der Waals surface area contributed by atoms with E-state index >= 15 is 0 Å². The highest BCUT2D eigenvalue weighted by atomic mass is 19.1. The van der Waals surface area contributed by atoms with Crippen LogP contribution in [0, 0.1) is 11.3 Å². The number of carbonyl (C=O) groups excluding carboxylic acids is 1. The standard InChI is InChI=1S/C36H44FN9O3/c1-22-8-10-36(31-25(22)6-7-28(39)26(31)17-38)16-30-27(20-49-36)32(41-34(40-30)48-21-35-9-4-12-45(35)18-23(37)15-35)44-11-5-13-46-24(19-44)14-29(42-46)33(47)43(2)3/h6-7,14,22-23H,4-5,8-13,15-16,18-21,39H2,1-3H3/t22-,23+,35-,36+/m0/s1. The van der Waals surface area contributed by atoms with Crippen LogP contribution in [0.2, 0.25) is 0 Å². The summed E-state index contributed by atoms with van der Waals surface area (Å²) in [6.45, 7) is 5.99. The summed E-state index contributed by atoms with van der Waals surface area (Å²) in [5.74, 6) is 0.866. The SMILES string of the molecule is C[C@H]1CC[C@@]2(Cc3nc(OC[C@@]45CCCN4C[C@H](F)C5)nc(N4CCCn5nc(C(=O)N(C)C)cc5C4)c3CO2)c2c1ccc(N)c2C#N. The fourth-order valence-corrected chi connectivity index (χ4v) is 8.98. The fraction of sp³-hybridized carbons (Fsp3) is 0.583. The Kier molecular flexibility index (Phi) is 7.79. The Labute approximate surface area is 286 Å². The summed E-state index contributed by atoms with van der Waals surface area (Å²) in [5.41, 5.74) is 11.2. The molecule has 2 aromatic heterocycles. The van der Waals surface area contributed by atoms with Crippen molar-refractivity contribution in [1.82, 2.24) is 29.5 Å². The van der Waals surface area contributed by atoms with E-state index in [0.717, 1.165) is 72.5 Å². The van der Waals surface area contributed by atoms with Gasteiger partial charge in [0.05, 0.1) is 35.6 Å². The average Bonchev–Trinajstić information content (AvgIpc) is 3.71. The molecule has 2 N–H and O–H groups in total. The number of carbonyl (C=O) groups is 1. The number of benzene rings is 1. The molecule has 1 amide bonds. The van der Waals surface area contributed by atoms with Gasteiger partial charge in [0.1, 0.15) is 30.3 Å². The second-order valence-corrected chi connectivity index (χ2v) is 14.8. The van der Waals surface area contributed by atoms with Crippen molar-refractivity contribution >= 4 is 17.4 Å². The molecular weight excluding hydrogens is 625 g/mol. The number of aryl methyl sites for hydroxylation is 1. The molecule has 0 bridgehead atoms. The van der Waals surface area contributed by atoms with Crippen molar-refractivity contribution in [3.05, 3.63) is 57.5 Å². The van der Waals surface area contributed by atoms with Gasteiger partial charge in [-0.05, 0) is 62.3 Å². The summed E-state index contributed by atoms with van der Waals surface area (Å²) >= 11 is 0. The number of halogens is 1. The number of hydrogen-bond acceptors (Lipinski definition) is 10. The summed E-state index contributed by atoms with van der Waals surface area (Å²) in [6, 6.07) is 8.39. The number of ether oxygens (including phenoxy) is 2. The van der Waals surface area contributed by atoms with Gasteiger partial charge in [0, 0.05) is 63.4 Å². The molecule has 3 aromatic rings. The van der Waals surface area contributed by atoms with Crippen LogP contribution >= 0.6 is 0 Å². The number of nitrogens with two attached hydrogens (primary N) is 1. The van der Waals surface area contributed by atoms with Crippen LogP contribution in [-0.4, -0.2) is 87.5 Å². The minimum Gasteiger partial charge on any atom is -0.461 e. The Morgan fingerprint density at radius 2 is 2.08 bits per heavy atom. The van der Waals surface area contributed by atoms with E-state index in [1.807, 2.05) is 22.9 Å². The highest BCUT2D eigenvalue weighted by Gasteiger charge is 2.50. The Balaban J connectivity index is 1.19. The molecule has 13 heteroatoms. The maximum atomic E-state index is 14.6. The number of rotatable bonds is 5. The van der Waals surface area contributed by atoms with Crippen LogP contribution in [-0.2, 0) is 36.5 Å². The molecule has 49 heavy (non-hydrogen) atoms. The molecule has 12 nitrogen and oxygen atoms in total. The quantitative estimate of drug-likeness (QED) is 0.396. The van der Waals surface area contributed by atoms with Gasteiger partial charge in [-0.3, -0.25) is 14.4 Å². The van der Waals surface area contributed by atoms with E-state index in [4.69, 9.17) is 25.2 Å². The lowest BCUT2D eigenvalue weighted by Gasteiger charge is -2.45. The summed E-state index contributed by atoms with van der Waals surface area (Å²) in [7, 11) is 3.45. The number of fused-ring (bicyclic) bond motifs is 5. The van der Waals surface area contributed by atoms with Crippen molar-refractivity contribution in [3.63, 3.8) is 0 Å². The number of aromatic nitrogens is 4. The normalized spacial score (nSPS) is 27.5. The molecule has 258 valence electrons. The first-order valence-electron chi connectivity index (χ1n) is 17.5. The first-order valence-corrected chi connectivity index (χ1v) is 17.5. The first-order chi connectivity index (χ1) is 23.6. The molecule has 1 aliphatic carbocycles. The summed E-state index contributed by atoms with van der Waals surface area (Å²) < 4.78 is 29.9. The third kappa shape index (κ3) is 5.31. The second kappa shape index (κ2) is 11.9. The number of amides is 1. The summed E-state index contributed by atoms with van der Waals surface area (Å²) in [5, 5.41) is 14.9. The van der Waals surface area contributed by atoms with E-state index in [-0.39, 0.29) is 30.0 Å². The Bertz CT molecular complexity index is 1860. The van der Waals surface area contributed by atoms with Gasteiger partial charge in [-0.1, -0.05) is 13.0 Å². The van der Waals surface area contributed by atoms with Crippen molar-refractivity contribution in [1.29, 1.82) is 5.26 Å². The van der Waals surface area contributed by atoms with Gasteiger partial charge in [0.25, 0.3) is 5.91 Å². The van der Waals surface area contributed by atoms with E-state index in [0.29, 0.717) is 62.6 Å². The molecule has 0 radical (unpaired) electrons. The molecule has 2 fully saturated rings. The largest absolute Gasteiger partial charge is 0.461 e. The van der Waals surface area contributed by atoms with Crippen LogP contribution in [0.25, 0.3) is 0 Å². The molecule has 4 atom stereocenters. The molecule has 1 aromatic carbocycles. The van der Waals surface area contributed by atoms with E-state index in [1.54, 1.807) is 14.1 Å². The number of alkyl halides is 1. The summed E-state index contributed by atoms with van der Waals surface area (Å²) in [4.78, 5) is 28.8. The minimum atomic E-state index is -0.859. The predicted molar refractivity (Wildman–Crippen MR) is 180 cm³/mol. The van der Waals surface area contributed by atoms with Gasteiger partial charge in [-0.15, -0.1) is 0 Å². The van der Waals surface area contributed by atoms with E-state index in [2.05, 4.69) is 27.9 Å². The molecular formula is C36H44FN9O3. The maximum absolute atomic E-state index is 14.6. The zero-order valence-electron chi connectivity index (χ0n) is 28.5. The van der Waals surface area contributed by atoms with Gasteiger partial charge in [-0.2, -0.15) is 20.3 Å². The molecule has 0 saturated carbocycles. The van der Waals surface area contributed by atoms with E-state index in [1.165, 1.54) is 4.90 Å². The molecule has 6 heterocycles. The monoisotopic (exact) mass is 669 g/mol. The van der Waals surface area contributed by atoms with Gasteiger partial charge < -0.3 is 25.0 Å². The molecule has 8 rings (SSSR count). The van der Waals surface area contributed by atoms with Crippen LogP contribution in [0.4, 0.5) is 15.9 Å². The highest BCUT2D eigenvalue weighted by Crippen LogP contribution is 2.51. The number of nitrogen functional groups attached to an aromatic ring is 1. The third-order valence-electron chi connectivity index (χ3n) is 11.5. The highest BCUT2D eigenvalue weighted by molar-refractivity contribution is 5.92. The minimum absolute atomic E-state index is 0.136. The van der Waals surface area contributed by atoms with Crippen molar-refractivity contribution in [3.8, 4) is 12.1 Å². The van der Waals surface area contributed by atoms with Crippen LogP contribution in [0.3, 0.4) is 0 Å². The molecule has 1 spiro atoms. The fourth-order valence-electron chi connectivity index (χ4n) is 8.98. The third-order valence-corrected chi connectivity index (χ3v) is 11.5. The van der Waals surface area contributed by atoms with E-state index in [9.17, 15) is 14.4 Å². The lowest BCUT2D eigenvalue weighted by Crippen LogP contribution is -2.44. The number of anilines is 2. The second-order valence-electron chi connectivity index (χ2n) is 14.8. The van der Waals surface area contributed by atoms with Gasteiger partial charge in [-0.25, -0.2) is 4.39 Å². The van der Waals surface area contributed by atoms with Gasteiger partial charge in [0.15, 0.2) is 5.69 Å². The average molecular weight is 670 g/mol. The zero-order valence-corrected chi connectivity index (χ0v) is 28.5. The molecule has 5 aliphatic rings. The first kappa shape index (κ1) is 32.0. The lowest BCUT2D eigenvalue weighted by molar-refractivity contribution is -0.0873. The van der Waals surface area contributed by atoms with Gasteiger partial charge in [0.2, 0.25) is 0 Å². The lowest BCUT2D eigenvalue weighted by atomic mass is 9.69. The predicted octanol–water partition coefficient (Wildman–Crippen LogP) is 4.06. The van der Waals surface area contributed by atoms with Crippen LogP contribution in [0.1, 0.15) is 95.5 Å². The molecule has 2 saturated heterocycles. The van der Waals surface area contributed by atoms with Crippen LogP contribution < -0.4 is 15.4 Å². The Morgan fingerprint density at radius 3 is 2.90 bits per heavy atom. The number of nitrogens with zero attached hydrogens (tertiary/aromatic N) is 8. The van der Waals surface area contributed by atoms with Crippen LogP contribution in [0.5, 0.6) is 6.01 Å². The van der Waals surface area contributed by atoms with Gasteiger partial charge >= 0.3 is 6.01 Å². The molecule has 4 aliphatic heterocycles. The topological polar surface area (TPSA) is 139 Å². The summed E-state index contributed by atoms with van der Waals surface area (Å²) in [6.07, 6.45) is 4.40.